The molecule has 17 heavy (non-hydrogen) atoms. The second-order valence-corrected chi connectivity index (χ2v) is 4.17. The van der Waals surface area contributed by atoms with E-state index in [0.717, 1.165) is 28.6 Å². The first kappa shape index (κ1) is 10.2. The standard InChI is InChI=1S/C13H14N2O2/c1-9-7-10(2)15(14-9)11-3-4-12-13(8-11)17-6-5-16-12/h3-4,7-8H,5-6H2,1-2H3. The molecular weight excluding hydrogens is 216 g/mol. The van der Waals surface area contributed by atoms with Crippen molar-refractivity contribution in [3.63, 3.8) is 0 Å². The van der Waals surface area contributed by atoms with Crippen molar-refractivity contribution in [2.24, 2.45) is 0 Å². The average Bonchev–Trinajstić information content (AvgIpc) is 2.68. The Balaban J connectivity index is 2.06. The van der Waals surface area contributed by atoms with E-state index in [-0.39, 0.29) is 0 Å². The van der Waals surface area contributed by atoms with Crippen LogP contribution in [-0.2, 0) is 0 Å². The smallest absolute Gasteiger partial charge is 0.163 e. The van der Waals surface area contributed by atoms with Crippen molar-refractivity contribution in [1.29, 1.82) is 0 Å². The zero-order valence-electron chi connectivity index (χ0n) is 9.93. The van der Waals surface area contributed by atoms with E-state index in [2.05, 4.69) is 11.2 Å². The molecular formula is C13H14N2O2. The Morgan fingerprint density at radius 2 is 1.82 bits per heavy atom. The highest BCUT2D eigenvalue weighted by Crippen LogP contribution is 2.32. The van der Waals surface area contributed by atoms with E-state index in [1.54, 1.807) is 0 Å². The predicted octanol–water partition coefficient (Wildman–Crippen LogP) is 2.26. The second-order valence-electron chi connectivity index (χ2n) is 4.17. The third-order valence-corrected chi connectivity index (χ3v) is 2.78. The number of aryl methyl sites for hydroxylation is 2. The fourth-order valence-corrected chi connectivity index (χ4v) is 2.05. The fraction of sp³-hybridized carbons (Fsp3) is 0.308. The summed E-state index contributed by atoms with van der Waals surface area (Å²) in [7, 11) is 0. The highest BCUT2D eigenvalue weighted by molar-refractivity contribution is 5.49. The minimum absolute atomic E-state index is 0.605. The topological polar surface area (TPSA) is 36.3 Å². The number of aromatic nitrogens is 2. The van der Waals surface area contributed by atoms with Crippen molar-refractivity contribution in [1.82, 2.24) is 9.78 Å². The van der Waals surface area contributed by atoms with Crippen molar-refractivity contribution in [2.75, 3.05) is 13.2 Å². The maximum Gasteiger partial charge on any atom is 0.163 e. The largest absolute Gasteiger partial charge is 0.486 e. The van der Waals surface area contributed by atoms with Crippen LogP contribution in [0.3, 0.4) is 0 Å². The van der Waals surface area contributed by atoms with E-state index < -0.39 is 0 Å². The first-order valence-electron chi connectivity index (χ1n) is 5.67. The Kier molecular flexibility index (Phi) is 2.28. The van der Waals surface area contributed by atoms with E-state index in [9.17, 15) is 0 Å². The Morgan fingerprint density at radius 1 is 1.06 bits per heavy atom. The van der Waals surface area contributed by atoms with Gasteiger partial charge in [-0.3, -0.25) is 0 Å². The lowest BCUT2D eigenvalue weighted by molar-refractivity contribution is 0.171. The minimum Gasteiger partial charge on any atom is -0.486 e. The van der Waals surface area contributed by atoms with Gasteiger partial charge in [-0.05, 0) is 32.0 Å². The first-order chi connectivity index (χ1) is 8.24. The molecule has 4 nitrogen and oxygen atoms in total. The van der Waals surface area contributed by atoms with Gasteiger partial charge in [0, 0.05) is 11.8 Å². The van der Waals surface area contributed by atoms with Crippen LogP contribution in [0.5, 0.6) is 11.5 Å². The molecule has 1 aliphatic heterocycles. The van der Waals surface area contributed by atoms with Crippen molar-refractivity contribution >= 4 is 0 Å². The molecule has 0 atom stereocenters. The summed E-state index contributed by atoms with van der Waals surface area (Å²) in [6, 6.07) is 7.94. The summed E-state index contributed by atoms with van der Waals surface area (Å²) in [6.45, 7) is 5.25. The van der Waals surface area contributed by atoms with Gasteiger partial charge in [0.15, 0.2) is 11.5 Å². The molecule has 3 rings (SSSR count). The van der Waals surface area contributed by atoms with Crippen LogP contribution in [0.2, 0.25) is 0 Å². The molecule has 0 bridgehead atoms. The van der Waals surface area contributed by atoms with E-state index in [1.807, 2.05) is 36.7 Å². The van der Waals surface area contributed by atoms with Crippen LogP contribution in [0.15, 0.2) is 24.3 Å². The number of rotatable bonds is 1. The van der Waals surface area contributed by atoms with Gasteiger partial charge in [-0.2, -0.15) is 5.10 Å². The maximum atomic E-state index is 5.57. The van der Waals surface area contributed by atoms with Gasteiger partial charge in [0.05, 0.1) is 11.4 Å². The predicted molar refractivity (Wildman–Crippen MR) is 64.0 cm³/mol. The lowest BCUT2D eigenvalue weighted by Gasteiger charge is -2.19. The van der Waals surface area contributed by atoms with Gasteiger partial charge in [-0.25, -0.2) is 4.68 Å². The molecule has 2 heterocycles. The summed E-state index contributed by atoms with van der Waals surface area (Å²) in [4.78, 5) is 0. The zero-order valence-corrected chi connectivity index (χ0v) is 9.93. The van der Waals surface area contributed by atoms with E-state index in [4.69, 9.17) is 9.47 Å². The molecule has 1 aromatic heterocycles. The van der Waals surface area contributed by atoms with Gasteiger partial charge in [0.25, 0.3) is 0 Å². The van der Waals surface area contributed by atoms with Crippen LogP contribution in [-0.4, -0.2) is 23.0 Å². The normalized spacial score (nSPS) is 13.8. The first-order valence-corrected chi connectivity index (χ1v) is 5.67. The van der Waals surface area contributed by atoms with Crippen LogP contribution in [0, 0.1) is 13.8 Å². The number of hydrogen-bond acceptors (Lipinski definition) is 3. The fourth-order valence-electron chi connectivity index (χ4n) is 2.05. The summed E-state index contributed by atoms with van der Waals surface area (Å²) >= 11 is 0. The molecule has 0 spiro atoms. The van der Waals surface area contributed by atoms with Crippen molar-refractivity contribution in [3.8, 4) is 17.2 Å². The molecule has 0 amide bonds. The Labute approximate surface area is 99.8 Å². The molecule has 0 unspecified atom stereocenters. The molecule has 1 aliphatic rings. The molecule has 1 aromatic carbocycles. The van der Waals surface area contributed by atoms with Crippen LogP contribution >= 0.6 is 0 Å². The molecule has 88 valence electrons. The van der Waals surface area contributed by atoms with Crippen LogP contribution < -0.4 is 9.47 Å². The van der Waals surface area contributed by atoms with E-state index >= 15 is 0 Å². The number of hydrogen-bond donors (Lipinski definition) is 0. The minimum atomic E-state index is 0.605. The van der Waals surface area contributed by atoms with Crippen LogP contribution in [0.25, 0.3) is 5.69 Å². The van der Waals surface area contributed by atoms with Crippen molar-refractivity contribution < 1.29 is 9.47 Å². The lowest BCUT2D eigenvalue weighted by atomic mass is 10.2. The van der Waals surface area contributed by atoms with Gasteiger partial charge >= 0.3 is 0 Å². The Bertz CT molecular complexity index is 561. The summed E-state index contributed by atoms with van der Waals surface area (Å²) < 4.78 is 13.0. The number of benzene rings is 1. The third kappa shape index (κ3) is 1.75. The highest BCUT2D eigenvalue weighted by atomic mass is 16.6. The van der Waals surface area contributed by atoms with E-state index in [0.29, 0.717) is 13.2 Å². The van der Waals surface area contributed by atoms with Gasteiger partial charge in [-0.15, -0.1) is 0 Å². The highest BCUT2D eigenvalue weighted by Gasteiger charge is 2.13. The molecule has 0 saturated carbocycles. The lowest BCUT2D eigenvalue weighted by Crippen LogP contribution is -2.15. The molecule has 0 aliphatic carbocycles. The van der Waals surface area contributed by atoms with E-state index in [1.165, 1.54) is 0 Å². The van der Waals surface area contributed by atoms with Gasteiger partial charge in [0.2, 0.25) is 0 Å². The molecule has 4 heteroatoms. The van der Waals surface area contributed by atoms with Gasteiger partial charge < -0.3 is 9.47 Å². The monoisotopic (exact) mass is 230 g/mol. The summed E-state index contributed by atoms with van der Waals surface area (Å²) in [5.41, 5.74) is 3.12. The van der Waals surface area contributed by atoms with Crippen molar-refractivity contribution in [3.05, 3.63) is 35.7 Å². The molecule has 0 fully saturated rings. The number of fused-ring (bicyclic) bond motifs is 1. The van der Waals surface area contributed by atoms with Gasteiger partial charge in [-0.1, -0.05) is 0 Å². The Morgan fingerprint density at radius 3 is 2.53 bits per heavy atom. The molecule has 0 radical (unpaired) electrons. The molecule has 0 N–H and O–H groups in total. The van der Waals surface area contributed by atoms with Crippen LogP contribution in [0.4, 0.5) is 0 Å². The number of nitrogens with zero attached hydrogens (tertiary/aromatic N) is 2. The third-order valence-electron chi connectivity index (χ3n) is 2.78. The SMILES string of the molecule is Cc1cc(C)n(-c2ccc3c(c2)OCCO3)n1. The van der Waals surface area contributed by atoms with Crippen molar-refractivity contribution in [2.45, 2.75) is 13.8 Å². The summed E-state index contributed by atoms with van der Waals surface area (Å²) in [5.74, 6) is 1.60. The van der Waals surface area contributed by atoms with Crippen LogP contribution in [0.1, 0.15) is 11.4 Å². The second kappa shape index (κ2) is 3.80. The molecule has 2 aromatic rings. The Hall–Kier alpha value is -1.97. The maximum absolute atomic E-state index is 5.57. The van der Waals surface area contributed by atoms with Gasteiger partial charge in [0.1, 0.15) is 13.2 Å². The number of ether oxygens (including phenoxy) is 2. The quantitative estimate of drug-likeness (QED) is 0.754. The average molecular weight is 230 g/mol. The zero-order chi connectivity index (χ0) is 11.8. The summed E-state index contributed by atoms with van der Waals surface area (Å²) in [6.07, 6.45) is 0. The molecule has 0 saturated heterocycles. The summed E-state index contributed by atoms with van der Waals surface area (Å²) in [5, 5.41) is 4.45.